The summed E-state index contributed by atoms with van der Waals surface area (Å²) in [4.78, 5) is 7.92. The van der Waals surface area contributed by atoms with Crippen LogP contribution in [-0.2, 0) is 13.1 Å². The van der Waals surface area contributed by atoms with Crippen LogP contribution >= 0.6 is 11.3 Å². The molecule has 21 heavy (non-hydrogen) atoms. The van der Waals surface area contributed by atoms with Crippen molar-refractivity contribution >= 4 is 11.3 Å². The number of hydrogen-bond donors (Lipinski definition) is 1. The van der Waals surface area contributed by atoms with Crippen LogP contribution in [0, 0.1) is 5.92 Å². The lowest BCUT2D eigenvalue weighted by molar-refractivity contribution is 0.216. The monoisotopic (exact) mass is 309 g/mol. The second-order valence-corrected chi connectivity index (χ2v) is 8.12. The van der Waals surface area contributed by atoms with Crippen LogP contribution < -0.4 is 5.32 Å². The fourth-order valence-corrected chi connectivity index (χ4v) is 4.05. The first kappa shape index (κ1) is 16.9. The van der Waals surface area contributed by atoms with E-state index in [0.29, 0.717) is 0 Å². The average molecular weight is 310 g/mol. The number of nitrogens with one attached hydrogen (secondary N) is 1. The zero-order valence-electron chi connectivity index (χ0n) is 14.1. The van der Waals surface area contributed by atoms with Gasteiger partial charge in [0.2, 0.25) is 0 Å². The molecule has 0 aliphatic carbocycles. The van der Waals surface area contributed by atoms with Crippen molar-refractivity contribution in [3.8, 4) is 0 Å². The summed E-state index contributed by atoms with van der Waals surface area (Å²) in [5, 5.41) is 3.52. The van der Waals surface area contributed by atoms with Crippen molar-refractivity contribution in [3.63, 3.8) is 0 Å². The van der Waals surface area contributed by atoms with Crippen molar-refractivity contribution in [2.24, 2.45) is 5.92 Å². The quantitative estimate of drug-likeness (QED) is 0.796. The van der Waals surface area contributed by atoms with Gasteiger partial charge in [-0.2, -0.15) is 0 Å². The Morgan fingerprint density at radius 2 is 2.14 bits per heavy atom. The molecule has 4 heteroatoms. The van der Waals surface area contributed by atoms with Crippen LogP contribution in [0.25, 0.3) is 0 Å². The molecule has 1 aromatic heterocycles. The molecule has 0 spiro atoms. The van der Waals surface area contributed by atoms with Crippen molar-refractivity contribution in [1.29, 1.82) is 0 Å². The van der Waals surface area contributed by atoms with E-state index in [1.807, 2.05) is 11.3 Å². The molecule has 2 rings (SSSR count). The van der Waals surface area contributed by atoms with Gasteiger partial charge in [-0.05, 0) is 58.1 Å². The lowest BCUT2D eigenvalue weighted by atomic mass is 10.2. The molecule has 1 unspecified atom stereocenters. The van der Waals surface area contributed by atoms with Gasteiger partial charge in [-0.25, -0.2) is 0 Å². The van der Waals surface area contributed by atoms with Crippen LogP contribution in [0.4, 0.5) is 0 Å². The van der Waals surface area contributed by atoms with Crippen LogP contribution in [0.15, 0.2) is 12.1 Å². The van der Waals surface area contributed by atoms with E-state index in [1.165, 1.54) is 35.7 Å². The van der Waals surface area contributed by atoms with Gasteiger partial charge in [0.1, 0.15) is 0 Å². The lowest BCUT2D eigenvalue weighted by Crippen LogP contribution is -2.36. The van der Waals surface area contributed by atoms with Crippen LogP contribution in [0.5, 0.6) is 0 Å². The molecule has 1 aliphatic heterocycles. The summed E-state index contributed by atoms with van der Waals surface area (Å²) in [6.07, 6.45) is 2.72. The summed E-state index contributed by atoms with van der Waals surface area (Å²) in [7, 11) is 4.51. The summed E-state index contributed by atoms with van der Waals surface area (Å²) in [6, 6.07) is 5.33. The topological polar surface area (TPSA) is 18.5 Å². The summed E-state index contributed by atoms with van der Waals surface area (Å²) in [5.74, 6) is 0.721. The Morgan fingerprint density at radius 1 is 1.38 bits per heavy atom. The van der Waals surface area contributed by atoms with Gasteiger partial charge in [-0.3, -0.25) is 4.90 Å². The van der Waals surface area contributed by atoms with Crippen LogP contribution in [-0.4, -0.2) is 49.6 Å². The molecule has 1 atom stereocenters. The molecule has 0 radical (unpaired) electrons. The summed E-state index contributed by atoms with van der Waals surface area (Å²) < 4.78 is 0. The lowest BCUT2D eigenvalue weighted by Gasteiger charge is -2.25. The van der Waals surface area contributed by atoms with Gasteiger partial charge >= 0.3 is 0 Å². The van der Waals surface area contributed by atoms with E-state index < -0.39 is 0 Å². The highest BCUT2D eigenvalue weighted by Gasteiger charge is 2.22. The molecule has 1 fully saturated rings. The van der Waals surface area contributed by atoms with Gasteiger partial charge in [0.25, 0.3) is 0 Å². The molecule has 1 aliphatic rings. The standard InChI is InChI=1S/C17H31N3S/c1-14(2)10-18-11-16-7-8-17(21-16)13-19(3)12-15-6-5-9-20(15)4/h7-8,14-15,18H,5-6,9-13H2,1-4H3. The molecule has 1 N–H and O–H groups in total. The highest BCUT2D eigenvalue weighted by atomic mass is 32.1. The first-order valence-corrected chi connectivity index (χ1v) is 9.03. The van der Waals surface area contributed by atoms with Crippen molar-refractivity contribution in [1.82, 2.24) is 15.1 Å². The highest BCUT2D eigenvalue weighted by Crippen LogP contribution is 2.20. The second kappa shape index (κ2) is 8.28. The van der Waals surface area contributed by atoms with E-state index in [-0.39, 0.29) is 0 Å². The molecule has 1 aromatic rings. The van der Waals surface area contributed by atoms with E-state index >= 15 is 0 Å². The minimum Gasteiger partial charge on any atom is -0.312 e. The zero-order valence-corrected chi connectivity index (χ0v) is 14.9. The zero-order chi connectivity index (χ0) is 15.2. The largest absolute Gasteiger partial charge is 0.312 e. The van der Waals surface area contributed by atoms with E-state index in [2.05, 4.69) is 55.2 Å². The average Bonchev–Trinajstić information content (AvgIpc) is 3.00. The number of hydrogen-bond acceptors (Lipinski definition) is 4. The van der Waals surface area contributed by atoms with Crippen LogP contribution in [0.1, 0.15) is 36.4 Å². The molecule has 0 amide bonds. The summed E-state index contributed by atoms with van der Waals surface area (Å²) >= 11 is 1.95. The summed E-state index contributed by atoms with van der Waals surface area (Å²) in [6.45, 7) is 10.2. The Labute approximate surface area is 134 Å². The van der Waals surface area contributed by atoms with Crippen molar-refractivity contribution < 1.29 is 0 Å². The van der Waals surface area contributed by atoms with Gasteiger partial charge in [0.05, 0.1) is 0 Å². The first-order chi connectivity index (χ1) is 10.0. The summed E-state index contributed by atoms with van der Waals surface area (Å²) in [5.41, 5.74) is 0. The molecular formula is C17H31N3S. The number of likely N-dealkylation sites (tertiary alicyclic amines) is 1. The SMILES string of the molecule is CC(C)CNCc1ccc(CN(C)CC2CCCN2C)s1. The van der Waals surface area contributed by atoms with Crippen molar-refractivity contribution in [2.45, 2.75) is 45.8 Å². The van der Waals surface area contributed by atoms with Gasteiger partial charge in [-0.1, -0.05) is 13.8 Å². The fourth-order valence-electron chi connectivity index (χ4n) is 2.99. The maximum absolute atomic E-state index is 3.52. The molecule has 3 nitrogen and oxygen atoms in total. The van der Waals surface area contributed by atoms with E-state index in [9.17, 15) is 0 Å². The van der Waals surface area contributed by atoms with Gasteiger partial charge in [0, 0.05) is 35.4 Å². The Balaban J connectivity index is 1.73. The molecule has 0 aromatic carbocycles. The fraction of sp³-hybridized carbons (Fsp3) is 0.765. The third-order valence-electron chi connectivity index (χ3n) is 4.19. The highest BCUT2D eigenvalue weighted by molar-refractivity contribution is 7.11. The normalized spacial score (nSPS) is 20.0. The molecule has 0 bridgehead atoms. The molecular weight excluding hydrogens is 278 g/mol. The van der Waals surface area contributed by atoms with Crippen LogP contribution in [0.2, 0.25) is 0 Å². The minimum atomic E-state index is 0.721. The Morgan fingerprint density at radius 3 is 2.81 bits per heavy atom. The Kier molecular flexibility index (Phi) is 6.68. The Hall–Kier alpha value is -0.420. The molecule has 2 heterocycles. The smallest absolute Gasteiger partial charge is 0.0325 e. The van der Waals surface area contributed by atoms with E-state index in [1.54, 1.807) is 0 Å². The number of likely N-dealkylation sites (N-methyl/N-ethyl adjacent to an activating group) is 2. The first-order valence-electron chi connectivity index (χ1n) is 8.21. The third-order valence-corrected chi connectivity index (χ3v) is 5.26. The predicted octanol–water partition coefficient (Wildman–Crippen LogP) is 3.02. The van der Waals surface area contributed by atoms with Gasteiger partial charge < -0.3 is 10.2 Å². The minimum absolute atomic E-state index is 0.721. The predicted molar refractivity (Wildman–Crippen MR) is 92.8 cm³/mol. The maximum Gasteiger partial charge on any atom is 0.0325 e. The van der Waals surface area contributed by atoms with Gasteiger partial charge in [-0.15, -0.1) is 11.3 Å². The number of nitrogens with zero attached hydrogens (tertiary/aromatic N) is 2. The molecule has 120 valence electrons. The van der Waals surface area contributed by atoms with E-state index in [4.69, 9.17) is 0 Å². The van der Waals surface area contributed by atoms with Gasteiger partial charge in [0.15, 0.2) is 0 Å². The number of rotatable bonds is 8. The van der Waals surface area contributed by atoms with E-state index in [0.717, 1.165) is 31.6 Å². The van der Waals surface area contributed by atoms with Crippen molar-refractivity contribution in [3.05, 3.63) is 21.9 Å². The molecule has 0 saturated carbocycles. The second-order valence-electron chi connectivity index (χ2n) is 6.87. The van der Waals surface area contributed by atoms with Crippen molar-refractivity contribution in [2.75, 3.05) is 33.7 Å². The van der Waals surface area contributed by atoms with Crippen LogP contribution in [0.3, 0.4) is 0 Å². The number of thiophene rings is 1. The Bertz CT molecular complexity index is 416. The molecule has 1 saturated heterocycles. The maximum atomic E-state index is 3.52. The third kappa shape index (κ3) is 5.70.